The Balaban J connectivity index is 1.43. The van der Waals surface area contributed by atoms with Crippen LogP contribution in [0.15, 0.2) is 30.9 Å². The number of anilines is 3. The molecule has 5 rings (SSSR count). The molecule has 3 N–H and O–H groups in total. The predicted molar refractivity (Wildman–Crippen MR) is 136 cm³/mol. The van der Waals surface area contributed by atoms with E-state index in [1.165, 1.54) is 25.7 Å². The van der Waals surface area contributed by atoms with Crippen LogP contribution in [0.2, 0.25) is 0 Å². The quantitative estimate of drug-likeness (QED) is 0.510. The first-order valence-electron chi connectivity index (χ1n) is 12.1. The van der Waals surface area contributed by atoms with Gasteiger partial charge in [0, 0.05) is 44.6 Å². The van der Waals surface area contributed by atoms with E-state index < -0.39 is 12.0 Å². The lowest BCUT2D eigenvalue weighted by molar-refractivity contribution is -0.125. The number of nitrogens with zero attached hydrogens (tertiary/aromatic N) is 7. The minimum Gasteiger partial charge on any atom is -0.379 e. The van der Waals surface area contributed by atoms with Gasteiger partial charge in [-0.3, -0.25) is 9.59 Å². The molecule has 2 fully saturated rings. The zero-order chi connectivity index (χ0) is 26.3. The molecule has 2 aliphatic heterocycles. The lowest BCUT2D eigenvalue weighted by Crippen LogP contribution is -2.52. The van der Waals surface area contributed by atoms with Gasteiger partial charge in [0.1, 0.15) is 12.2 Å². The van der Waals surface area contributed by atoms with E-state index in [9.17, 15) is 9.59 Å². The third-order valence-corrected chi connectivity index (χ3v) is 7.24. The molecule has 2 saturated heterocycles. The second-order valence-electron chi connectivity index (χ2n) is 10.1. The first-order valence-corrected chi connectivity index (χ1v) is 12.1. The Labute approximate surface area is 214 Å². The van der Waals surface area contributed by atoms with Crippen molar-refractivity contribution in [2.24, 2.45) is 11.1 Å². The Kier molecular flexibility index (Phi) is 6.16. The van der Waals surface area contributed by atoms with Gasteiger partial charge in [-0.1, -0.05) is 13.8 Å². The number of ether oxygens (including phenoxy) is 1. The number of amides is 2. The molecule has 12 nitrogen and oxygen atoms in total. The van der Waals surface area contributed by atoms with Gasteiger partial charge in [-0.2, -0.15) is 10.4 Å². The smallest absolute Gasteiger partial charge is 0.256 e. The number of aromatic nitrogens is 4. The lowest BCUT2D eigenvalue weighted by atomic mass is 9.79. The van der Waals surface area contributed by atoms with Crippen LogP contribution >= 0.6 is 0 Å². The molecule has 0 aromatic carbocycles. The number of fused-ring (bicyclic) bond motifs is 1. The Morgan fingerprint density at radius 3 is 2.62 bits per heavy atom. The number of carbonyl (C=O) groups is 2. The highest BCUT2D eigenvalue weighted by atomic mass is 16.5. The van der Waals surface area contributed by atoms with Crippen molar-refractivity contribution < 1.29 is 14.3 Å². The van der Waals surface area contributed by atoms with E-state index in [0.717, 1.165) is 6.42 Å². The molecule has 0 spiro atoms. The van der Waals surface area contributed by atoms with Crippen molar-refractivity contribution >= 4 is 34.7 Å². The largest absolute Gasteiger partial charge is 0.379 e. The van der Waals surface area contributed by atoms with Crippen molar-refractivity contribution in [3.63, 3.8) is 0 Å². The summed E-state index contributed by atoms with van der Waals surface area (Å²) in [6.07, 6.45) is 7.18. The summed E-state index contributed by atoms with van der Waals surface area (Å²) in [5, 5.41) is 17.0. The van der Waals surface area contributed by atoms with E-state index in [-0.39, 0.29) is 22.9 Å². The molecule has 12 heteroatoms. The van der Waals surface area contributed by atoms with E-state index in [1.807, 2.05) is 12.1 Å². The van der Waals surface area contributed by atoms with E-state index >= 15 is 0 Å². The van der Waals surface area contributed by atoms with Crippen LogP contribution in [-0.2, 0) is 9.53 Å². The molecular weight excluding hydrogens is 474 g/mol. The fraction of sp³-hybridized carbons (Fsp3) is 0.440. The highest BCUT2D eigenvalue weighted by Gasteiger charge is 2.38. The molecule has 2 amide bonds. The van der Waals surface area contributed by atoms with Crippen molar-refractivity contribution in [3.8, 4) is 6.07 Å². The minimum absolute atomic E-state index is 0.00364. The van der Waals surface area contributed by atoms with Gasteiger partial charge in [-0.25, -0.2) is 14.5 Å². The maximum Gasteiger partial charge on any atom is 0.256 e. The van der Waals surface area contributed by atoms with Crippen LogP contribution in [0.25, 0.3) is 5.52 Å². The average molecular weight is 504 g/mol. The minimum atomic E-state index is -0.585. The summed E-state index contributed by atoms with van der Waals surface area (Å²) in [6.45, 7) is 6.17. The number of nitrogens with one attached hydrogen (secondary N) is 1. The zero-order valence-electron chi connectivity index (χ0n) is 21.0. The second-order valence-corrected chi connectivity index (χ2v) is 10.1. The molecule has 3 aromatic rings. The highest BCUT2D eigenvalue weighted by Crippen LogP contribution is 2.36. The van der Waals surface area contributed by atoms with Crippen LogP contribution in [0.4, 0.5) is 17.3 Å². The summed E-state index contributed by atoms with van der Waals surface area (Å²) in [5.74, 6) is -0.102. The predicted octanol–water partition coefficient (Wildman–Crippen LogP) is 1.56. The molecule has 2 unspecified atom stereocenters. The maximum absolute atomic E-state index is 12.7. The van der Waals surface area contributed by atoms with Gasteiger partial charge in [-0.05, 0) is 12.5 Å². The summed E-state index contributed by atoms with van der Waals surface area (Å²) in [7, 11) is 1.53. The molecule has 0 saturated carbocycles. The van der Waals surface area contributed by atoms with E-state index in [0.29, 0.717) is 54.5 Å². The standard InChI is InChI=1S/C25H29N9O3/c1-25(2)14-32(24-28-10-15(9-26)11-29-24)6-5-20(25)31-21-17(22(27)35)12-30-34-13-16(8-18(21)34)33-7-4-19(37-3)23(33)36/h8,10-13,19-20,31H,4-7,14H2,1-3H3,(H2,27,35). The van der Waals surface area contributed by atoms with Gasteiger partial charge >= 0.3 is 0 Å². The van der Waals surface area contributed by atoms with Gasteiger partial charge in [0.2, 0.25) is 5.95 Å². The Hall–Kier alpha value is -4.24. The number of carbonyl (C=O) groups excluding carboxylic acids is 2. The van der Waals surface area contributed by atoms with Crippen LogP contribution in [0, 0.1) is 16.7 Å². The van der Waals surface area contributed by atoms with Crippen LogP contribution in [0.3, 0.4) is 0 Å². The molecular formula is C25H29N9O3. The van der Waals surface area contributed by atoms with Crippen LogP contribution in [-0.4, -0.2) is 70.3 Å². The molecule has 2 aliphatic rings. The maximum atomic E-state index is 12.7. The van der Waals surface area contributed by atoms with E-state index in [2.05, 4.69) is 39.1 Å². The third-order valence-electron chi connectivity index (χ3n) is 7.24. The summed E-state index contributed by atoms with van der Waals surface area (Å²) >= 11 is 0. The van der Waals surface area contributed by atoms with Gasteiger partial charge < -0.3 is 25.6 Å². The molecule has 0 aliphatic carbocycles. The van der Waals surface area contributed by atoms with Gasteiger partial charge in [0.15, 0.2) is 0 Å². The van der Waals surface area contributed by atoms with E-state index in [4.69, 9.17) is 15.7 Å². The molecule has 3 aromatic heterocycles. The van der Waals surface area contributed by atoms with Gasteiger partial charge in [0.05, 0.1) is 52.8 Å². The number of rotatable bonds is 6. The first-order chi connectivity index (χ1) is 17.7. The zero-order valence-corrected chi connectivity index (χ0v) is 21.0. The average Bonchev–Trinajstić information content (AvgIpc) is 3.48. The summed E-state index contributed by atoms with van der Waals surface area (Å²) in [4.78, 5) is 37.5. The summed E-state index contributed by atoms with van der Waals surface area (Å²) in [6, 6.07) is 3.89. The number of primary amides is 1. The number of nitrogens with two attached hydrogens (primary N) is 1. The van der Waals surface area contributed by atoms with Crippen LogP contribution in [0.5, 0.6) is 0 Å². The second kappa shape index (κ2) is 9.33. The van der Waals surface area contributed by atoms with Crippen molar-refractivity contribution in [3.05, 3.63) is 42.0 Å². The Morgan fingerprint density at radius 1 is 1.24 bits per heavy atom. The topological polar surface area (TPSA) is 155 Å². The fourth-order valence-corrected chi connectivity index (χ4v) is 5.17. The van der Waals surface area contributed by atoms with Crippen molar-refractivity contribution in [2.45, 2.75) is 38.8 Å². The van der Waals surface area contributed by atoms with Crippen LogP contribution in [0.1, 0.15) is 42.6 Å². The van der Waals surface area contributed by atoms with Crippen LogP contribution < -0.4 is 20.9 Å². The third kappa shape index (κ3) is 4.42. The number of hydrogen-bond acceptors (Lipinski definition) is 9. The lowest BCUT2D eigenvalue weighted by Gasteiger charge is -2.45. The number of hydrogen-bond donors (Lipinski definition) is 2. The fourth-order valence-electron chi connectivity index (χ4n) is 5.17. The van der Waals surface area contributed by atoms with E-state index in [1.54, 1.807) is 15.6 Å². The molecule has 5 heterocycles. The van der Waals surface area contributed by atoms with Crippen molar-refractivity contribution in [2.75, 3.05) is 41.9 Å². The molecule has 37 heavy (non-hydrogen) atoms. The number of piperidine rings is 1. The van der Waals surface area contributed by atoms with Gasteiger partial charge in [-0.15, -0.1) is 0 Å². The van der Waals surface area contributed by atoms with Gasteiger partial charge in [0.25, 0.3) is 11.8 Å². The summed E-state index contributed by atoms with van der Waals surface area (Å²) < 4.78 is 6.94. The monoisotopic (exact) mass is 503 g/mol. The molecule has 0 radical (unpaired) electrons. The molecule has 2 atom stereocenters. The number of methoxy groups -OCH3 is 1. The highest BCUT2D eigenvalue weighted by molar-refractivity contribution is 6.04. The molecule has 0 bridgehead atoms. The van der Waals surface area contributed by atoms with Crippen molar-refractivity contribution in [1.29, 1.82) is 5.26 Å². The Morgan fingerprint density at radius 2 is 2.00 bits per heavy atom. The SMILES string of the molecule is COC1CCN(c2cc3c(NC4CCN(c5ncc(C#N)cn5)CC4(C)C)c(C(N)=O)cnn3c2)C1=O. The Bertz CT molecular complexity index is 1390. The number of nitriles is 1. The molecule has 192 valence electrons. The summed E-state index contributed by atoms with van der Waals surface area (Å²) in [5.41, 5.74) is 8.13. The van der Waals surface area contributed by atoms with Crippen molar-refractivity contribution in [1.82, 2.24) is 19.6 Å². The normalized spacial score (nSPS) is 21.3. The first kappa shape index (κ1) is 24.5.